The average Bonchev–Trinajstić information content (AvgIpc) is 3.29. The summed E-state index contributed by atoms with van der Waals surface area (Å²) in [5.74, 6) is -0.775. The van der Waals surface area contributed by atoms with Crippen molar-refractivity contribution in [3.63, 3.8) is 0 Å². The third-order valence-electron chi connectivity index (χ3n) is 5.05. The highest BCUT2D eigenvalue weighted by atomic mass is 32.2. The molecular weight excluding hydrogens is 383 g/mol. The van der Waals surface area contributed by atoms with Crippen molar-refractivity contribution >= 4 is 10.0 Å². The Morgan fingerprint density at radius 1 is 1.29 bits per heavy atom. The van der Waals surface area contributed by atoms with E-state index < -0.39 is 15.8 Å². The first-order valence-electron chi connectivity index (χ1n) is 9.63. The minimum absolute atomic E-state index is 0.0983. The second-order valence-corrected chi connectivity index (χ2v) is 9.04. The van der Waals surface area contributed by atoms with E-state index in [1.54, 1.807) is 7.05 Å². The normalized spacial score (nSPS) is 20.7. The Kier molecular flexibility index (Phi) is 6.73. The Morgan fingerprint density at radius 3 is 2.79 bits per heavy atom. The van der Waals surface area contributed by atoms with Crippen molar-refractivity contribution in [2.24, 2.45) is 7.05 Å². The summed E-state index contributed by atoms with van der Waals surface area (Å²) in [6.45, 7) is 3.31. The molecule has 2 atom stereocenters. The molecule has 0 radical (unpaired) electrons. The van der Waals surface area contributed by atoms with E-state index in [2.05, 4.69) is 27.5 Å². The number of aromatic nitrogens is 4. The maximum Gasteiger partial charge on any atom is 0.264 e. The van der Waals surface area contributed by atoms with Crippen molar-refractivity contribution in [2.45, 2.75) is 49.6 Å². The second kappa shape index (κ2) is 9.06. The Labute approximate surface area is 165 Å². The summed E-state index contributed by atoms with van der Waals surface area (Å²) in [6.07, 6.45) is 7.33. The van der Waals surface area contributed by atoms with Crippen LogP contribution in [0.25, 0.3) is 0 Å². The second-order valence-electron chi connectivity index (χ2n) is 7.15. The van der Waals surface area contributed by atoms with Crippen molar-refractivity contribution in [3.05, 3.63) is 36.0 Å². The number of sulfonamides is 1. The summed E-state index contributed by atoms with van der Waals surface area (Å²) in [7, 11) is -2.18. The Morgan fingerprint density at radius 2 is 2.11 bits per heavy atom. The van der Waals surface area contributed by atoms with Crippen molar-refractivity contribution in [1.29, 1.82) is 0 Å². The molecule has 1 aliphatic heterocycles. The maximum atomic E-state index is 14.4. The van der Waals surface area contributed by atoms with Gasteiger partial charge < -0.3 is 5.32 Å². The number of hydrogen-bond donors (Lipinski definition) is 1. The Balaban J connectivity index is 1.79. The lowest BCUT2D eigenvalue weighted by Gasteiger charge is -2.19. The van der Waals surface area contributed by atoms with Crippen LogP contribution in [0.4, 0.5) is 4.39 Å². The molecule has 1 aliphatic rings. The third kappa shape index (κ3) is 4.56. The molecule has 3 heterocycles. The van der Waals surface area contributed by atoms with Crippen LogP contribution in [0.5, 0.6) is 0 Å². The van der Waals surface area contributed by atoms with Crippen LogP contribution in [-0.4, -0.2) is 58.4 Å². The first-order chi connectivity index (χ1) is 13.4. The average molecular weight is 411 g/mol. The van der Waals surface area contributed by atoms with E-state index in [-0.39, 0.29) is 30.1 Å². The van der Waals surface area contributed by atoms with Crippen molar-refractivity contribution in [2.75, 3.05) is 19.6 Å². The first-order valence-corrected chi connectivity index (χ1v) is 11.1. The topological polar surface area (TPSA) is 93.0 Å². The molecule has 0 bridgehead atoms. The molecule has 0 aliphatic carbocycles. The Hall–Kier alpha value is -1.91. The molecule has 8 nitrogen and oxygen atoms in total. The van der Waals surface area contributed by atoms with Crippen molar-refractivity contribution in [3.8, 4) is 0 Å². The fourth-order valence-electron chi connectivity index (χ4n) is 3.53. The van der Waals surface area contributed by atoms with Gasteiger partial charge in [0.1, 0.15) is 5.82 Å². The predicted octanol–water partition coefficient (Wildman–Crippen LogP) is 1.68. The van der Waals surface area contributed by atoms with Crippen LogP contribution < -0.4 is 5.32 Å². The number of halogens is 1. The van der Waals surface area contributed by atoms with Gasteiger partial charge in [0.2, 0.25) is 5.03 Å². The molecule has 1 fully saturated rings. The van der Waals surface area contributed by atoms with Gasteiger partial charge in [0.15, 0.2) is 0 Å². The minimum Gasteiger partial charge on any atom is -0.312 e. The molecule has 1 saturated heterocycles. The molecule has 2 aromatic heterocycles. The monoisotopic (exact) mass is 410 g/mol. The molecule has 0 unspecified atom stereocenters. The molecule has 10 heteroatoms. The highest BCUT2D eigenvalue weighted by molar-refractivity contribution is 7.89. The van der Waals surface area contributed by atoms with Gasteiger partial charge in [-0.05, 0) is 25.1 Å². The van der Waals surface area contributed by atoms with Crippen LogP contribution in [0.2, 0.25) is 0 Å². The summed E-state index contributed by atoms with van der Waals surface area (Å²) in [5.41, 5.74) is 0.297. The predicted molar refractivity (Wildman–Crippen MR) is 103 cm³/mol. The highest BCUT2D eigenvalue weighted by Crippen LogP contribution is 2.31. The van der Waals surface area contributed by atoms with Gasteiger partial charge in [-0.1, -0.05) is 31.4 Å². The van der Waals surface area contributed by atoms with E-state index in [0.717, 1.165) is 32.2 Å². The summed E-state index contributed by atoms with van der Waals surface area (Å²) in [4.78, 5) is 4.19. The fraction of sp³-hybridized carbons (Fsp3) is 0.611. The number of pyridine rings is 1. The van der Waals surface area contributed by atoms with Crippen LogP contribution in [0.3, 0.4) is 0 Å². The molecule has 28 heavy (non-hydrogen) atoms. The zero-order valence-electron chi connectivity index (χ0n) is 16.3. The van der Waals surface area contributed by atoms with Gasteiger partial charge in [0.05, 0.1) is 11.9 Å². The van der Waals surface area contributed by atoms with Crippen LogP contribution >= 0.6 is 0 Å². The van der Waals surface area contributed by atoms with E-state index in [0.29, 0.717) is 5.69 Å². The van der Waals surface area contributed by atoms with Crippen LogP contribution in [0.15, 0.2) is 29.6 Å². The molecule has 154 valence electrons. The van der Waals surface area contributed by atoms with Gasteiger partial charge in [-0.3, -0.25) is 9.67 Å². The Bertz CT molecular complexity index is 888. The summed E-state index contributed by atoms with van der Waals surface area (Å²) in [5, 5.41) is 10.8. The van der Waals surface area contributed by atoms with Gasteiger partial charge in [-0.15, -0.1) is 5.10 Å². The molecule has 0 spiro atoms. The van der Waals surface area contributed by atoms with Gasteiger partial charge in [0, 0.05) is 38.3 Å². The lowest BCUT2D eigenvalue weighted by Crippen LogP contribution is -2.37. The van der Waals surface area contributed by atoms with Gasteiger partial charge in [-0.25, -0.2) is 12.8 Å². The van der Waals surface area contributed by atoms with Crippen LogP contribution in [0.1, 0.15) is 44.2 Å². The fourth-order valence-corrected chi connectivity index (χ4v) is 4.94. The van der Waals surface area contributed by atoms with Crippen LogP contribution in [-0.2, 0) is 17.1 Å². The van der Waals surface area contributed by atoms with E-state index >= 15 is 0 Å². The number of aryl methyl sites for hydroxylation is 1. The van der Waals surface area contributed by atoms with Gasteiger partial charge in [-0.2, -0.15) is 4.31 Å². The zero-order chi connectivity index (χ0) is 20.1. The quantitative estimate of drug-likeness (QED) is 0.632. The summed E-state index contributed by atoms with van der Waals surface area (Å²) in [6, 6.07) is 2.69. The minimum atomic E-state index is -3.80. The number of rotatable bonds is 9. The molecule has 2 aromatic rings. The lowest BCUT2D eigenvalue weighted by atomic mass is 9.98. The van der Waals surface area contributed by atoms with Gasteiger partial charge >= 0.3 is 0 Å². The smallest absolute Gasteiger partial charge is 0.264 e. The standard InChI is InChI=1S/C18H27FN6O2S/c1-3-4-5-6-9-20-16-12-25(28(26,27)17-13-24(2)23-22-17)11-14(16)18-15(19)8-7-10-21-18/h7-8,10,13-14,16,20H,3-6,9,11-12H2,1-2H3/t14-,16-/m0/s1. The summed E-state index contributed by atoms with van der Waals surface area (Å²) >= 11 is 0. The lowest BCUT2D eigenvalue weighted by molar-refractivity contribution is 0.448. The maximum absolute atomic E-state index is 14.4. The van der Waals surface area contributed by atoms with E-state index in [4.69, 9.17) is 0 Å². The zero-order valence-corrected chi connectivity index (χ0v) is 17.1. The largest absolute Gasteiger partial charge is 0.312 e. The molecule has 0 saturated carbocycles. The van der Waals surface area contributed by atoms with E-state index in [1.807, 2.05) is 0 Å². The number of hydrogen-bond acceptors (Lipinski definition) is 6. The van der Waals surface area contributed by atoms with Crippen LogP contribution in [0, 0.1) is 5.82 Å². The van der Waals surface area contributed by atoms with E-state index in [9.17, 15) is 12.8 Å². The number of unbranched alkanes of at least 4 members (excludes halogenated alkanes) is 3. The van der Waals surface area contributed by atoms with E-state index in [1.165, 1.54) is 33.5 Å². The SMILES string of the molecule is CCCCCCN[C@H]1CN(S(=O)(=O)c2cn(C)nn2)C[C@@H]1c1ncccc1F. The number of nitrogens with one attached hydrogen (secondary N) is 1. The molecule has 1 N–H and O–H groups in total. The molecule has 0 aromatic carbocycles. The van der Waals surface area contributed by atoms with Gasteiger partial charge in [0.25, 0.3) is 10.0 Å². The highest BCUT2D eigenvalue weighted by Gasteiger charge is 2.42. The third-order valence-corrected chi connectivity index (χ3v) is 6.74. The van der Waals surface area contributed by atoms with Crippen molar-refractivity contribution in [1.82, 2.24) is 29.6 Å². The van der Waals surface area contributed by atoms with Crippen molar-refractivity contribution < 1.29 is 12.8 Å². The molecule has 0 amide bonds. The summed E-state index contributed by atoms with van der Waals surface area (Å²) < 4.78 is 42.9. The molecular formula is C18H27FN6O2S. The molecule has 3 rings (SSSR count). The first kappa shape index (κ1) is 20.8. The number of nitrogens with zero attached hydrogens (tertiary/aromatic N) is 5.